The molecule has 2 unspecified atom stereocenters. The fourth-order valence-corrected chi connectivity index (χ4v) is 4.91. The minimum atomic E-state index is -4.65. The number of nitrogens with zero attached hydrogens (tertiary/aromatic N) is 1. The number of carboxylic acids is 1. The molecule has 1 aliphatic heterocycles. The van der Waals surface area contributed by atoms with E-state index in [1.165, 1.54) is 12.1 Å². The highest BCUT2D eigenvalue weighted by atomic mass is 35.5. The van der Waals surface area contributed by atoms with Crippen molar-refractivity contribution in [2.45, 2.75) is 44.6 Å². The molecule has 196 valence electrons. The third-order valence-corrected chi connectivity index (χ3v) is 6.67. The molecule has 0 saturated carbocycles. The van der Waals surface area contributed by atoms with Crippen LogP contribution in [0.3, 0.4) is 0 Å². The third-order valence-electron chi connectivity index (χ3n) is 6.34. The molecular weight excluding hydrogens is 507 g/mol. The molecule has 1 aliphatic rings. The van der Waals surface area contributed by atoms with Crippen LogP contribution in [-0.4, -0.2) is 35.2 Å². The number of likely N-dealkylation sites (tertiary alicyclic amines) is 1. The maximum Gasteiger partial charge on any atom is 0.417 e. The molecule has 1 N–H and O–H groups in total. The highest BCUT2D eigenvalue weighted by Crippen LogP contribution is 2.42. The first kappa shape index (κ1) is 26.8. The minimum absolute atomic E-state index is 0.297. The standard InChI is InChI=1S/C28H27ClF3NO4/c1-2-36-25-16-20(11-13-24(25)37-17-18-7-4-3-5-8-18)26(33-14-6-9-23(33)27(34)35)19-10-12-22(29)21(15-19)28(30,31)32/h3-5,7-8,10-13,15-16,23,26H,2,6,9,14,17H2,1H3,(H,34,35). The molecule has 0 aliphatic carbocycles. The van der Waals surface area contributed by atoms with Crippen LogP contribution in [0.1, 0.15) is 48.1 Å². The number of carboxylic acid groups (broad SMARTS) is 1. The van der Waals surface area contributed by atoms with Gasteiger partial charge in [-0.3, -0.25) is 9.69 Å². The van der Waals surface area contributed by atoms with Gasteiger partial charge in [-0.15, -0.1) is 0 Å². The monoisotopic (exact) mass is 533 g/mol. The number of benzene rings is 3. The van der Waals surface area contributed by atoms with Gasteiger partial charge in [0.15, 0.2) is 11.5 Å². The van der Waals surface area contributed by atoms with Crippen molar-refractivity contribution in [2.75, 3.05) is 13.2 Å². The molecule has 4 rings (SSSR count). The lowest BCUT2D eigenvalue weighted by molar-refractivity contribution is -0.143. The molecule has 0 aromatic heterocycles. The number of hydrogen-bond donors (Lipinski definition) is 1. The van der Waals surface area contributed by atoms with E-state index in [1.54, 1.807) is 23.1 Å². The molecule has 1 saturated heterocycles. The summed E-state index contributed by atoms with van der Waals surface area (Å²) in [6, 6.07) is 16.9. The average Bonchev–Trinajstić information content (AvgIpc) is 3.35. The van der Waals surface area contributed by atoms with Gasteiger partial charge in [0.1, 0.15) is 12.6 Å². The van der Waals surface area contributed by atoms with Crippen LogP contribution < -0.4 is 9.47 Å². The van der Waals surface area contributed by atoms with E-state index in [0.717, 1.165) is 11.6 Å². The molecule has 0 spiro atoms. The van der Waals surface area contributed by atoms with Crippen LogP contribution in [-0.2, 0) is 17.6 Å². The van der Waals surface area contributed by atoms with E-state index in [0.29, 0.717) is 55.2 Å². The fraction of sp³-hybridized carbons (Fsp3) is 0.321. The lowest BCUT2D eigenvalue weighted by Crippen LogP contribution is -2.39. The summed E-state index contributed by atoms with van der Waals surface area (Å²) >= 11 is 5.88. The SMILES string of the molecule is CCOc1cc(C(c2ccc(Cl)c(C(F)(F)F)c2)N2CCCC2C(=O)O)ccc1OCc1ccccc1. The second kappa shape index (κ2) is 11.4. The predicted octanol–water partition coefficient (Wildman–Crippen LogP) is 6.97. The zero-order valence-corrected chi connectivity index (χ0v) is 20.9. The summed E-state index contributed by atoms with van der Waals surface area (Å²) in [6.45, 7) is 2.89. The molecule has 0 bridgehead atoms. The number of hydrogen-bond acceptors (Lipinski definition) is 4. The number of rotatable bonds is 9. The first-order valence-corrected chi connectivity index (χ1v) is 12.4. The van der Waals surface area contributed by atoms with E-state index >= 15 is 0 Å². The maximum absolute atomic E-state index is 13.7. The van der Waals surface area contributed by atoms with Crippen LogP contribution in [0.15, 0.2) is 66.7 Å². The predicted molar refractivity (Wildman–Crippen MR) is 134 cm³/mol. The Bertz CT molecular complexity index is 1240. The number of carbonyl (C=O) groups is 1. The summed E-state index contributed by atoms with van der Waals surface area (Å²) in [5, 5.41) is 9.42. The molecule has 2 atom stereocenters. The van der Waals surface area contributed by atoms with Gasteiger partial charge in [-0.2, -0.15) is 13.2 Å². The van der Waals surface area contributed by atoms with Crippen LogP contribution in [0.2, 0.25) is 5.02 Å². The van der Waals surface area contributed by atoms with Crippen LogP contribution in [0.25, 0.3) is 0 Å². The van der Waals surface area contributed by atoms with Gasteiger partial charge in [0, 0.05) is 6.54 Å². The van der Waals surface area contributed by atoms with Gasteiger partial charge in [-0.1, -0.05) is 54.1 Å². The van der Waals surface area contributed by atoms with Crippen molar-refractivity contribution in [3.63, 3.8) is 0 Å². The molecule has 3 aromatic carbocycles. The lowest BCUT2D eigenvalue weighted by atomic mass is 9.94. The first-order chi connectivity index (χ1) is 17.7. The van der Waals surface area contributed by atoms with Crippen LogP contribution in [0.4, 0.5) is 13.2 Å². The first-order valence-electron chi connectivity index (χ1n) is 12.0. The van der Waals surface area contributed by atoms with Crippen molar-refractivity contribution in [1.82, 2.24) is 4.90 Å². The summed E-state index contributed by atoms with van der Waals surface area (Å²) in [5.74, 6) is -0.103. The molecule has 9 heteroatoms. The van der Waals surface area contributed by atoms with Crippen LogP contribution >= 0.6 is 11.6 Å². The Morgan fingerprint density at radius 2 is 1.76 bits per heavy atom. The zero-order chi connectivity index (χ0) is 26.6. The van der Waals surface area contributed by atoms with Crippen molar-refractivity contribution in [1.29, 1.82) is 0 Å². The normalized spacial score (nSPS) is 16.9. The molecule has 0 amide bonds. The molecule has 5 nitrogen and oxygen atoms in total. The molecular formula is C28H27ClF3NO4. The van der Waals surface area contributed by atoms with E-state index in [1.807, 2.05) is 37.3 Å². The Morgan fingerprint density at radius 3 is 2.43 bits per heavy atom. The Labute approximate surface area is 218 Å². The van der Waals surface area contributed by atoms with Crippen molar-refractivity contribution in [3.8, 4) is 11.5 Å². The Hall–Kier alpha value is -3.23. The van der Waals surface area contributed by atoms with Crippen molar-refractivity contribution in [3.05, 3.63) is 94.0 Å². The summed E-state index contributed by atoms with van der Waals surface area (Å²) in [5.41, 5.74) is 0.897. The zero-order valence-electron chi connectivity index (χ0n) is 20.2. The van der Waals surface area contributed by atoms with Crippen LogP contribution in [0, 0.1) is 0 Å². The van der Waals surface area contributed by atoms with E-state index < -0.39 is 34.8 Å². The number of ether oxygens (including phenoxy) is 2. The van der Waals surface area contributed by atoms with Gasteiger partial charge in [0.05, 0.1) is 23.2 Å². The topological polar surface area (TPSA) is 59.0 Å². The smallest absolute Gasteiger partial charge is 0.417 e. The minimum Gasteiger partial charge on any atom is -0.490 e. The molecule has 37 heavy (non-hydrogen) atoms. The largest absolute Gasteiger partial charge is 0.490 e. The Balaban J connectivity index is 1.77. The number of halogens is 4. The Morgan fingerprint density at radius 1 is 1.05 bits per heavy atom. The average molecular weight is 534 g/mol. The quantitative estimate of drug-likeness (QED) is 0.322. The van der Waals surface area contributed by atoms with Crippen LogP contribution in [0.5, 0.6) is 11.5 Å². The summed E-state index contributed by atoms with van der Waals surface area (Å²) in [4.78, 5) is 13.7. The number of aliphatic carboxylic acids is 1. The molecule has 1 fully saturated rings. The van der Waals surface area contributed by atoms with E-state index in [2.05, 4.69) is 0 Å². The highest BCUT2D eigenvalue weighted by molar-refractivity contribution is 6.31. The van der Waals surface area contributed by atoms with Crippen molar-refractivity contribution in [2.24, 2.45) is 0 Å². The molecule has 1 heterocycles. The summed E-state index contributed by atoms with van der Waals surface area (Å²) in [7, 11) is 0. The lowest BCUT2D eigenvalue weighted by Gasteiger charge is -2.33. The summed E-state index contributed by atoms with van der Waals surface area (Å²) < 4.78 is 52.9. The van der Waals surface area contributed by atoms with Crippen molar-refractivity contribution >= 4 is 17.6 Å². The highest BCUT2D eigenvalue weighted by Gasteiger charge is 2.39. The van der Waals surface area contributed by atoms with Gasteiger partial charge in [0.2, 0.25) is 0 Å². The van der Waals surface area contributed by atoms with E-state index in [9.17, 15) is 23.1 Å². The Kier molecular flexibility index (Phi) is 8.29. The molecule has 0 radical (unpaired) electrons. The van der Waals surface area contributed by atoms with Gasteiger partial charge < -0.3 is 14.6 Å². The van der Waals surface area contributed by atoms with E-state index in [-0.39, 0.29) is 0 Å². The van der Waals surface area contributed by atoms with Gasteiger partial charge >= 0.3 is 12.1 Å². The third kappa shape index (κ3) is 6.19. The number of alkyl halides is 3. The van der Waals surface area contributed by atoms with Gasteiger partial charge in [0.25, 0.3) is 0 Å². The second-order valence-electron chi connectivity index (χ2n) is 8.79. The summed E-state index contributed by atoms with van der Waals surface area (Å²) in [6.07, 6.45) is -3.63. The van der Waals surface area contributed by atoms with E-state index in [4.69, 9.17) is 21.1 Å². The molecule has 3 aromatic rings. The fourth-order valence-electron chi connectivity index (χ4n) is 4.69. The van der Waals surface area contributed by atoms with Gasteiger partial charge in [-0.25, -0.2) is 0 Å². The second-order valence-corrected chi connectivity index (χ2v) is 9.19. The van der Waals surface area contributed by atoms with Gasteiger partial charge in [-0.05, 0) is 60.7 Å². The van der Waals surface area contributed by atoms with Crippen molar-refractivity contribution < 1.29 is 32.5 Å². The maximum atomic E-state index is 13.7.